The quantitative estimate of drug-likeness (QED) is 0.405. The Balaban J connectivity index is 2.26. The predicted molar refractivity (Wildman–Crippen MR) is 68.0 cm³/mol. The van der Waals surface area contributed by atoms with Gasteiger partial charge < -0.3 is 10.7 Å². The SMILES string of the molecule is Cc1[nH]c2ccccc2c1/C=N/NC(=O)C(N)=O. The number of hydrazone groups is 1. The average Bonchev–Trinajstić information content (AvgIpc) is 2.65. The van der Waals surface area contributed by atoms with Crippen LogP contribution in [0.3, 0.4) is 0 Å². The molecule has 1 aromatic carbocycles. The summed E-state index contributed by atoms with van der Waals surface area (Å²) < 4.78 is 0. The van der Waals surface area contributed by atoms with E-state index in [0.717, 1.165) is 22.2 Å². The van der Waals surface area contributed by atoms with Crippen molar-refractivity contribution in [1.29, 1.82) is 0 Å². The Hall–Kier alpha value is -2.63. The topological polar surface area (TPSA) is 100 Å². The van der Waals surface area contributed by atoms with Crippen molar-refractivity contribution >= 4 is 28.9 Å². The van der Waals surface area contributed by atoms with Crippen LogP contribution in [-0.2, 0) is 9.59 Å². The monoisotopic (exact) mass is 244 g/mol. The molecule has 0 fully saturated rings. The van der Waals surface area contributed by atoms with E-state index in [1.54, 1.807) is 0 Å². The molecule has 0 atom stereocenters. The number of primary amides is 1. The third kappa shape index (κ3) is 2.22. The average molecular weight is 244 g/mol. The molecule has 0 aliphatic heterocycles. The largest absolute Gasteiger partial charge is 0.361 e. The smallest absolute Gasteiger partial charge is 0.329 e. The molecule has 0 saturated heterocycles. The molecule has 1 aromatic heterocycles. The van der Waals surface area contributed by atoms with Gasteiger partial charge in [-0.15, -0.1) is 0 Å². The lowest BCUT2D eigenvalue weighted by molar-refractivity contribution is -0.137. The number of H-pyrrole nitrogens is 1. The summed E-state index contributed by atoms with van der Waals surface area (Å²) >= 11 is 0. The van der Waals surface area contributed by atoms with Gasteiger partial charge in [-0.1, -0.05) is 18.2 Å². The zero-order valence-electron chi connectivity index (χ0n) is 9.73. The first kappa shape index (κ1) is 11.8. The summed E-state index contributed by atoms with van der Waals surface area (Å²) in [7, 11) is 0. The normalized spacial score (nSPS) is 10.9. The fraction of sp³-hybridized carbons (Fsp3) is 0.0833. The lowest BCUT2D eigenvalue weighted by Gasteiger charge is -1.94. The van der Waals surface area contributed by atoms with Gasteiger partial charge in [0.1, 0.15) is 0 Å². The first-order valence-electron chi connectivity index (χ1n) is 5.29. The minimum absolute atomic E-state index is 0.857. The van der Waals surface area contributed by atoms with E-state index in [2.05, 4.69) is 15.5 Å². The van der Waals surface area contributed by atoms with Gasteiger partial charge in [0, 0.05) is 22.2 Å². The molecule has 0 unspecified atom stereocenters. The molecule has 2 amide bonds. The van der Waals surface area contributed by atoms with Crippen molar-refractivity contribution in [2.24, 2.45) is 10.8 Å². The Labute approximate surface area is 103 Å². The van der Waals surface area contributed by atoms with Crippen molar-refractivity contribution in [1.82, 2.24) is 10.4 Å². The number of aromatic amines is 1. The molecule has 0 aliphatic rings. The maximum Gasteiger partial charge on any atom is 0.329 e. The number of aryl methyl sites for hydroxylation is 1. The number of aromatic nitrogens is 1. The number of carbonyl (C=O) groups excluding carboxylic acids is 2. The summed E-state index contributed by atoms with van der Waals surface area (Å²) in [5.41, 5.74) is 9.60. The van der Waals surface area contributed by atoms with Gasteiger partial charge in [0.05, 0.1) is 6.21 Å². The molecule has 2 rings (SSSR count). The molecule has 6 heteroatoms. The number of nitrogens with zero attached hydrogens (tertiary/aromatic N) is 1. The van der Waals surface area contributed by atoms with Crippen molar-refractivity contribution in [3.63, 3.8) is 0 Å². The molecule has 0 spiro atoms. The van der Waals surface area contributed by atoms with E-state index in [-0.39, 0.29) is 0 Å². The molecular weight excluding hydrogens is 232 g/mol. The third-order valence-electron chi connectivity index (χ3n) is 2.53. The number of para-hydroxylation sites is 1. The second-order valence-corrected chi connectivity index (χ2v) is 3.77. The number of amides is 2. The van der Waals surface area contributed by atoms with Gasteiger partial charge in [-0.2, -0.15) is 5.10 Å². The van der Waals surface area contributed by atoms with E-state index < -0.39 is 11.8 Å². The lowest BCUT2D eigenvalue weighted by atomic mass is 10.1. The van der Waals surface area contributed by atoms with Gasteiger partial charge in [0.25, 0.3) is 0 Å². The summed E-state index contributed by atoms with van der Waals surface area (Å²) in [6.45, 7) is 1.90. The Morgan fingerprint density at radius 1 is 1.39 bits per heavy atom. The van der Waals surface area contributed by atoms with Crippen molar-refractivity contribution in [2.75, 3.05) is 0 Å². The number of hydrogen-bond acceptors (Lipinski definition) is 3. The first-order chi connectivity index (χ1) is 8.59. The second kappa shape index (κ2) is 4.70. The second-order valence-electron chi connectivity index (χ2n) is 3.77. The van der Waals surface area contributed by atoms with Gasteiger partial charge in [-0.25, -0.2) is 5.43 Å². The number of carbonyl (C=O) groups is 2. The summed E-state index contributed by atoms with van der Waals surface area (Å²) in [6.07, 6.45) is 1.48. The van der Waals surface area contributed by atoms with Crippen LogP contribution in [-0.4, -0.2) is 23.0 Å². The highest BCUT2D eigenvalue weighted by molar-refractivity contribution is 6.34. The standard InChI is InChI=1S/C12H12N4O2/c1-7-9(6-14-16-12(18)11(13)17)8-4-2-3-5-10(8)15-7/h2-6,15H,1H3,(H2,13,17)(H,16,18)/b14-6+. The molecular formula is C12H12N4O2. The van der Waals surface area contributed by atoms with Crippen LogP contribution in [0.1, 0.15) is 11.3 Å². The van der Waals surface area contributed by atoms with Gasteiger partial charge in [-0.05, 0) is 13.0 Å². The molecule has 0 aliphatic carbocycles. The summed E-state index contributed by atoms with van der Waals surface area (Å²) in [5, 5.41) is 4.69. The highest BCUT2D eigenvalue weighted by atomic mass is 16.2. The predicted octanol–water partition coefficient (Wildman–Crippen LogP) is 0.412. The van der Waals surface area contributed by atoms with Crippen LogP contribution in [0.4, 0.5) is 0 Å². The number of nitrogens with two attached hydrogens (primary N) is 1. The zero-order chi connectivity index (χ0) is 13.1. The maximum absolute atomic E-state index is 10.9. The van der Waals surface area contributed by atoms with Gasteiger partial charge in [0.15, 0.2) is 0 Å². The van der Waals surface area contributed by atoms with E-state index in [0.29, 0.717) is 0 Å². The van der Waals surface area contributed by atoms with E-state index in [1.807, 2.05) is 31.2 Å². The Kier molecular flexibility index (Phi) is 3.09. The van der Waals surface area contributed by atoms with Crippen molar-refractivity contribution in [3.8, 4) is 0 Å². The summed E-state index contributed by atoms with van der Waals surface area (Å²) in [5.74, 6) is -2.01. The number of rotatable bonds is 2. The van der Waals surface area contributed by atoms with Crippen LogP contribution in [0, 0.1) is 6.92 Å². The third-order valence-corrected chi connectivity index (χ3v) is 2.53. The minimum Gasteiger partial charge on any atom is -0.361 e. The van der Waals surface area contributed by atoms with E-state index in [1.165, 1.54) is 6.21 Å². The van der Waals surface area contributed by atoms with Crippen LogP contribution in [0.25, 0.3) is 10.9 Å². The molecule has 4 N–H and O–H groups in total. The van der Waals surface area contributed by atoms with Crippen LogP contribution in [0.2, 0.25) is 0 Å². The molecule has 18 heavy (non-hydrogen) atoms. The Bertz CT molecular complexity index is 643. The molecule has 2 aromatic rings. The molecule has 0 saturated carbocycles. The summed E-state index contributed by atoms with van der Waals surface area (Å²) in [6, 6.07) is 7.72. The Morgan fingerprint density at radius 3 is 2.83 bits per heavy atom. The van der Waals surface area contributed by atoms with Gasteiger partial charge in [0.2, 0.25) is 0 Å². The molecule has 92 valence electrons. The zero-order valence-corrected chi connectivity index (χ0v) is 9.73. The number of fused-ring (bicyclic) bond motifs is 1. The van der Waals surface area contributed by atoms with E-state index in [9.17, 15) is 9.59 Å². The van der Waals surface area contributed by atoms with E-state index >= 15 is 0 Å². The van der Waals surface area contributed by atoms with Gasteiger partial charge >= 0.3 is 11.8 Å². The Morgan fingerprint density at radius 2 is 2.11 bits per heavy atom. The fourth-order valence-electron chi connectivity index (χ4n) is 1.68. The number of nitrogens with one attached hydrogen (secondary N) is 2. The molecule has 1 heterocycles. The summed E-state index contributed by atoms with van der Waals surface area (Å²) in [4.78, 5) is 24.6. The number of hydrogen-bond donors (Lipinski definition) is 3. The van der Waals surface area contributed by atoms with Crippen molar-refractivity contribution in [3.05, 3.63) is 35.5 Å². The highest BCUT2D eigenvalue weighted by Crippen LogP contribution is 2.19. The van der Waals surface area contributed by atoms with E-state index in [4.69, 9.17) is 5.73 Å². The molecule has 6 nitrogen and oxygen atoms in total. The highest BCUT2D eigenvalue weighted by Gasteiger charge is 2.07. The molecule has 0 bridgehead atoms. The van der Waals surface area contributed by atoms with Gasteiger partial charge in [-0.3, -0.25) is 9.59 Å². The first-order valence-corrected chi connectivity index (χ1v) is 5.29. The molecule has 0 radical (unpaired) electrons. The van der Waals surface area contributed by atoms with Crippen LogP contribution in [0.5, 0.6) is 0 Å². The van der Waals surface area contributed by atoms with Crippen molar-refractivity contribution in [2.45, 2.75) is 6.92 Å². The van der Waals surface area contributed by atoms with Crippen molar-refractivity contribution < 1.29 is 9.59 Å². The fourth-order valence-corrected chi connectivity index (χ4v) is 1.68. The van der Waals surface area contributed by atoms with Crippen LogP contribution >= 0.6 is 0 Å². The maximum atomic E-state index is 10.9. The number of benzene rings is 1. The lowest BCUT2D eigenvalue weighted by Crippen LogP contribution is -2.32. The van der Waals surface area contributed by atoms with Crippen LogP contribution in [0.15, 0.2) is 29.4 Å². The van der Waals surface area contributed by atoms with Crippen LogP contribution < -0.4 is 11.2 Å². The minimum atomic E-state index is -1.07.